The van der Waals surface area contributed by atoms with Gasteiger partial charge in [0, 0.05) is 6.54 Å². The quantitative estimate of drug-likeness (QED) is 0.297. The van der Waals surface area contributed by atoms with Crippen molar-refractivity contribution in [2.24, 2.45) is 5.41 Å². The van der Waals surface area contributed by atoms with E-state index in [0.717, 1.165) is 47.9 Å². The smallest absolute Gasteiger partial charge is 0.320 e. The molecular formula is C30H27F3N4O4S. The van der Waals surface area contributed by atoms with E-state index in [0.29, 0.717) is 29.8 Å². The predicted octanol–water partition coefficient (Wildman–Crippen LogP) is 6.26. The Hall–Kier alpha value is -4.37. The largest absolute Gasteiger partial charge is 0.416 e. The molecule has 0 radical (unpaired) electrons. The lowest BCUT2D eigenvalue weighted by Crippen LogP contribution is -2.44. The lowest BCUT2D eigenvalue weighted by molar-refractivity contribution is -0.137. The van der Waals surface area contributed by atoms with E-state index in [9.17, 15) is 31.6 Å². The Morgan fingerprint density at radius 3 is 2.29 bits per heavy atom. The molecule has 0 unspecified atom stereocenters. The number of benzene rings is 3. The maximum atomic E-state index is 13.9. The fraction of sp³-hybridized carbons (Fsp3) is 0.300. The first-order chi connectivity index (χ1) is 19.8. The van der Waals surface area contributed by atoms with Crippen LogP contribution < -0.4 is 9.93 Å². The van der Waals surface area contributed by atoms with Crippen molar-refractivity contribution < 1.29 is 26.1 Å². The SMILES string of the molecule is CC1(C)Cc2cc(-c3ccc(C(F)(F)F)cc3)ccc2N(S(=O)(=O)c2ccc(C#N)c(C3CC3)c2)C1.O=c1cn[nH]o1. The zero-order chi connectivity index (χ0) is 30.3. The molecule has 1 saturated carbocycles. The molecule has 4 aromatic rings. The third kappa shape index (κ3) is 6.11. The van der Waals surface area contributed by atoms with Crippen molar-refractivity contribution in [2.45, 2.75) is 50.1 Å². The summed E-state index contributed by atoms with van der Waals surface area (Å²) in [5.41, 5.74) is 2.53. The summed E-state index contributed by atoms with van der Waals surface area (Å²) in [7, 11) is -3.90. The van der Waals surface area contributed by atoms with Crippen LogP contribution in [0.1, 0.15) is 54.9 Å². The van der Waals surface area contributed by atoms with Crippen molar-refractivity contribution >= 4 is 15.7 Å². The molecule has 1 aliphatic carbocycles. The Kier molecular flexibility index (Phi) is 7.49. The first-order valence-electron chi connectivity index (χ1n) is 13.1. The second-order valence-electron chi connectivity index (χ2n) is 11.2. The molecule has 42 heavy (non-hydrogen) atoms. The molecule has 1 aromatic heterocycles. The van der Waals surface area contributed by atoms with Crippen LogP contribution in [0.25, 0.3) is 11.1 Å². The Bertz CT molecular complexity index is 1800. The number of hydrogen-bond donors (Lipinski definition) is 1. The molecule has 218 valence electrons. The minimum Gasteiger partial charge on any atom is -0.320 e. The minimum absolute atomic E-state index is 0.166. The van der Waals surface area contributed by atoms with Gasteiger partial charge in [-0.2, -0.15) is 18.4 Å². The van der Waals surface area contributed by atoms with E-state index in [1.165, 1.54) is 22.5 Å². The van der Waals surface area contributed by atoms with E-state index in [1.807, 2.05) is 25.2 Å². The fourth-order valence-electron chi connectivity index (χ4n) is 5.10. The van der Waals surface area contributed by atoms with Crippen molar-refractivity contribution in [3.63, 3.8) is 0 Å². The van der Waals surface area contributed by atoms with Gasteiger partial charge >= 0.3 is 11.8 Å². The molecule has 3 aromatic carbocycles. The van der Waals surface area contributed by atoms with Gasteiger partial charge in [-0.25, -0.2) is 13.2 Å². The minimum atomic E-state index is -4.40. The van der Waals surface area contributed by atoms with Gasteiger partial charge in [0.25, 0.3) is 10.0 Å². The van der Waals surface area contributed by atoms with Gasteiger partial charge in [0.2, 0.25) is 0 Å². The summed E-state index contributed by atoms with van der Waals surface area (Å²) in [5.74, 6) is 0.228. The average molecular weight is 597 g/mol. The Labute approximate surface area is 240 Å². The van der Waals surface area contributed by atoms with Gasteiger partial charge < -0.3 is 4.52 Å². The van der Waals surface area contributed by atoms with E-state index in [-0.39, 0.29) is 16.2 Å². The molecule has 0 saturated heterocycles. The summed E-state index contributed by atoms with van der Waals surface area (Å²) >= 11 is 0. The molecule has 0 spiro atoms. The van der Waals surface area contributed by atoms with Crippen molar-refractivity contribution in [3.8, 4) is 17.2 Å². The van der Waals surface area contributed by atoms with Crippen molar-refractivity contribution in [1.82, 2.24) is 10.4 Å². The van der Waals surface area contributed by atoms with Gasteiger partial charge in [0.1, 0.15) is 6.20 Å². The number of nitrogens with zero attached hydrogens (tertiary/aromatic N) is 3. The van der Waals surface area contributed by atoms with Crippen LogP contribution >= 0.6 is 0 Å². The van der Waals surface area contributed by atoms with Gasteiger partial charge in [-0.05, 0) is 95.3 Å². The van der Waals surface area contributed by atoms with E-state index >= 15 is 0 Å². The lowest BCUT2D eigenvalue weighted by atomic mass is 9.81. The second kappa shape index (κ2) is 10.8. The normalized spacial score (nSPS) is 16.1. The summed E-state index contributed by atoms with van der Waals surface area (Å²) in [5, 5.41) is 14.7. The van der Waals surface area contributed by atoms with Crippen LogP contribution in [0.4, 0.5) is 18.9 Å². The van der Waals surface area contributed by atoms with Crippen molar-refractivity contribution in [3.05, 3.63) is 99.5 Å². The number of sulfonamides is 1. The number of hydrogen-bond acceptors (Lipinski definition) is 6. The highest BCUT2D eigenvalue weighted by molar-refractivity contribution is 7.92. The maximum Gasteiger partial charge on any atom is 0.416 e. The van der Waals surface area contributed by atoms with Gasteiger partial charge in [-0.3, -0.25) is 4.31 Å². The summed E-state index contributed by atoms with van der Waals surface area (Å²) < 4.78 is 72.1. The predicted molar refractivity (Wildman–Crippen MR) is 149 cm³/mol. The van der Waals surface area contributed by atoms with Crippen LogP contribution in [-0.4, -0.2) is 25.3 Å². The third-order valence-electron chi connectivity index (χ3n) is 7.25. The molecule has 1 fully saturated rings. The Balaban J connectivity index is 0.000000524. The van der Waals surface area contributed by atoms with E-state index in [2.05, 4.69) is 15.7 Å². The highest BCUT2D eigenvalue weighted by atomic mass is 32.2. The number of alkyl halides is 3. The second-order valence-corrected chi connectivity index (χ2v) is 13.0. The van der Waals surface area contributed by atoms with Gasteiger partial charge in [-0.15, -0.1) is 10.4 Å². The van der Waals surface area contributed by atoms with Crippen molar-refractivity contribution in [2.75, 3.05) is 10.8 Å². The standard InChI is InChI=1S/C28H25F3N2O2S.C2H2N2O2/c1-27(2)15-22-13-20(18-5-9-23(10-6-18)28(29,30)31)8-12-26(22)33(17-27)36(34,35)24-11-7-21(16-32)25(14-24)19-3-4-19;5-2-1-3-4-6-2/h5-14,19H,3-4,15,17H2,1-2H3;1,4H. The molecule has 0 bridgehead atoms. The topological polar surface area (TPSA) is 120 Å². The van der Waals surface area contributed by atoms with Crippen LogP contribution in [0.3, 0.4) is 0 Å². The fourth-order valence-corrected chi connectivity index (χ4v) is 6.83. The monoisotopic (exact) mass is 596 g/mol. The van der Waals surface area contributed by atoms with Gasteiger partial charge in [0.15, 0.2) is 0 Å². The first-order valence-corrected chi connectivity index (χ1v) is 14.6. The van der Waals surface area contributed by atoms with Gasteiger partial charge in [0.05, 0.1) is 27.8 Å². The molecule has 6 rings (SSSR count). The number of aromatic nitrogens is 2. The molecule has 1 aliphatic heterocycles. The number of anilines is 1. The van der Waals surface area contributed by atoms with Crippen LogP contribution in [0.5, 0.6) is 0 Å². The summed E-state index contributed by atoms with van der Waals surface area (Å²) in [4.78, 5) is 9.97. The number of aromatic amines is 1. The average Bonchev–Trinajstić information content (AvgIpc) is 3.69. The van der Waals surface area contributed by atoms with Crippen LogP contribution in [0.15, 0.2) is 81.1 Å². The highest BCUT2D eigenvalue weighted by Crippen LogP contribution is 2.44. The number of nitriles is 1. The van der Waals surface area contributed by atoms with Crippen LogP contribution in [0.2, 0.25) is 0 Å². The number of H-pyrrole nitrogens is 1. The molecule has 2 aliphatic rings. The summed E-state index contributed by atoms with van der Waals surface area (Å²) in [6.07, 6.45) is -0.823. The number of rotatable bonds is 4. The van der Waals surface area contributed by atoms with E-state index < -0.39 is 27.4 Å². The molecule has 0 amide bonds. The first kappa shape index (κ1) is 29.1. The molecule has 8 nitrogen and oxygen atoms in total. The van der Waals surface area contributed by atoms with E-state index in [1.54, 1.807) is 24.3 Å². The highest BCUT2D eigenvalue weighted by Gasteiger charge is 2.38. The molecule has 0 atom stereocenters. The molecule has 2 heterocycles. The summed E-state index contributed by atoms with van der Waals surface area (Å²) in [6.45, 7) is 4.29. The summed E-state index contributed by atoms with van der Waals surface area (Å²) in [6, 6.07) is 17.2. The number of nitrogens with one attached hydrogen (secondary N) is 1. The number of fused-ring (bicyclic) bond motifs is 1. The third-order valence-corrected chi connectivity index (χ3v) is 9.01. The zero-order valence-electron chi connectivity index (χ0n) is 22.8. The Morgan fingerprint density at radius 1 is 1.05 bits per heavy atom. The van der Waals surface area contributed by atoms with Crippen molar-refractivity contribution in [1.29, 1.82) is 5.26 Å². The maximum absolute atomic E-state index is 13.9. The lowest BCUT2D eigenvalue weighted by Gasteiger charge is -2.40. The van der Waals surface area contributed by atoms with Gasteiger partial charge in [-0.1, -0.05) is 32.0 Å². The molecule has 12 heteroatoms. The number of halogens is 3. The zero-order valence-corrected chi connectivity index (χ0v) is 23.6. The van der Waals surface area contributed by atoms with Crippen LogP contribution in [-0.2, 0) is 22.6 Å². The van der Waals surface area contributed by atoms with Crippen LogP contribution in [0, 0.1) is 16.7 Å². The Morgan fingerprint density at radius 2 is 1.74 bits per heavy atom. The molecular weight excluding hydrogens is 569 g/mol. The molecule has 1 N–H and O–H groups in total. The van der Waals surface area contributed by atoms with E-state index in [4.69, 9.17) is 0 Å².